The zero-order valence-corrected chi connectivity index (χ0v) is 9.04. The van der Waals surface area contributed by atoms with Gasteiger partial charge < -0.3 is 19.0 Å². The fourth-order valence-electron chi connectivity index (χ4n) is 0.158. The van der Waals surface area contributed by atoms with Crippen molar-refractivity contribution in [2.24, 2.45) is 0 Å². The SMILES string of the molecule is CCCCO.[CH2-]C.[CH2-]C.[Ti+2]. The third kappa shape index (κ3) is 71.4. The Morgan fingerprint density at radius 3 is 1.40 bits per heavy atom. The van der Waals surface area contributed by atoms with Gasteiger partial charge in [-0.1, -0.05) is 13.3 Å². The smallest absolute Gasteiger partial charge is 0.396 e. The number of hydrogen-bond donors (Lipinski definition) is 1. The minimum absolute atomic E-state index is 0. The van der Waals surface area contributed by atoms with Gasteiger partial charge in [-0.2, -0.15) is 13.8 Å². The van der Waals surface area contributed by atoms with Crippen LogP contribution in [0.2, 0.25) is 0 Å². The van der Waals surface area contributed by atoms with Crippen molar-refractivity contribution >= 4 is 0 Å². The van der Waals surface area contributed by atoms with E-state index in [1.807, 2.05) is 0 Å². The predicted octanol–water partition coefficient (Wildman–Crippen LogP) is 2.46. The molecule has 0 amide bonds. The molecule has 0 bridgehead atoms. The molecule has 0 aromatic rings. The Morgan fingerprint density at radius 2 is 1.40 bits per heavy atom. The standard InChI is InChI=1S/C4H10O.2C2H5.Ti/c1-2-3-4-5;2*1-2;/h5H,2-4H2,1H3;2*1H2,2H3;/q;2*-1;+2. The fourth-order valence-corrected chi connectivity index (χ4v) is 0.158. The van der Waals surface area contributed by atoms with E-state index in [0.717, 1.165) is 12.8 Å². The van der Waals surface area contributed by atoms with Gasteiger partial charge in [-0.15, -0.1) is 0 Å². The third-order valence-corrected chi connectivity index (χ3v) is 0.512. The van der Waals surface area contributed by atoms with E-state index < -0.39 is 0 Å². The van der Waals surface area contributed by atoms with Crippen LogP contribution in [0.4, 0.5) is 0 Å². The van der Waals surface area contributed by atoms with E-state index in [0.29, 0.717) is 6.61 Å². The summed E-state index contributed by atoms with van der Waals surface area (Å²) >= 11 is 0. The average Bonchev–Trinajstić information content (AvgIpc) is 1.98. The Kier molecular flexibility index (Phi) is 121. The van der Waals surface area contributed by atoms with E-state index in [2.05, 4.69) is 20.8 Å². The molecular weight excluding hydrogens is 160 g/mol. The molecule has 0 unspecified atom stereocenters. The second-order valence-corrected chi connectivity index (χ2v) is 1.08. The van der Waals surface area contributed by atoms with E-state index in [-0.39, 0.29) is 21.7 Å². The molecular formula is C8H20OTi. The second kappa shape index (κ2) is 53.9. The van der Waals surface area contributed by atoms with Gasteiger partial charge in [0, 0.05) is 6.61 Å². The first kappa shape index (κ1) is 22.4. The third-order valence-electron chi connectivity index (χ3n) is 0.512. The van der Waals surface area contributed by atoms with Crippen molar-refractivity contribution in [3.8, 4) is 0 Å². The van der Waals surface area contributed by atoms with Crippen molar-refractivity contribution < 1.29 is 26.8 Å². The van der Waals surface area contributed by atoms with Crippen molar-refractivity contribution in [2.75, 3.05) is 6.61 Å². The fraction of sp³-hybridized carbons (Fsp3) is 0.750. The number of rotatable bonds is 2. The molecule has 62 valence electrons. The van der Waals surface area contributed by atoms with Crippen LogP contribution in [0.15, 0.2) is 0 Å². The summed E-state index contributed by atoms with van der Waals surface area (Å²) < 4.78 is 0. The Bertz CT molecular complexity index is 16.7. The van der Waals surface area contributed by atoms with Crippen LogP contribution in [-0.4, -0.2) is 11.7 Å². The molecule has 0 saturated heterocycles. The van der Waals surface area contributed by atoms with Gasteiger partial charge in [-0.05, 0) is 6.42 Å². The molecule has 0 aliphatic heterocycles. The van der Waals surface area contributed by atoms with Crippen molar-refractivity contribution in [1.82, 2.24) is 0 Å². The van der Waals surface area contributed by atoms with Gasteiger partial charge in [0.15, 0.2) is 0 Å². The topological polar surface area (TPSA) is 20.2 Å². The summed E-state index contributed by atoms with van der Waals surface area (Å²) in [7, 11) is 0. The predicted molar refractivity (Wildman–Crippen MR) is 44.1 cm³/mol. The molecule has 0 aromatic heterocycles. The van der Waals surface area contributed by atoms with Gasteiger partial charge in [0.2, 0.25) is 0 Å². The molecule has 1 N–H and O–H groups in total. The Hall–Kier alpha value is 0.674. The molecule has 0 rings (SSSR count). The summed E-state index contributed by atoms with van der Waals surface area (Å²) in [4.78, 5) is 0. The van der Waals surface area contributed by atoms with Crippen LogP contribution in [0.25, 0.3) is 0 Å². The molecule has 0 aliphatic rings. The number of hydrogen-bond acceptors (Lipinski definition) is 1. The van der Waals surface area contributed by atoms with E-state index in [1.54, 1.807) is 13.8 Å². The second-order valence-electron chi connectivity index (χ2n) is 1.08. The summed E-state index contributed by atoms with van der Waals surface area (Å²) in [5, 5.41) is 8.07. The minimum atomic E-state index is 0. The van der Waals surface area contributed by atoms with Crippen LogP contribution in [0, 0.1) is 13.8 Å². The molecule has 0 saturated carbocycles. The molecule has 0 aromatic carbocycles. The Labute approximate surface area is 81.1 Å². The molecule has 2 heteroatoms. The van der Waals surface area contributed by atoms with E-state index in [4.69, 9.17) is 5.11 Å². The molecule has 0 radical (unpaired) electrons. The van der Waals surface area contributed by atoms with Gasteiger partial charge in [0.1, 0.15) is 0 Å². The zero-order valence-electron chi connectivity index (χ0n) is 7.48. The van der Waals surface area contributed by atoms with Crippen LogP contribution >= 0.6 is 0 Å². The summed E-state index contributed by atoms with van der Waals surface area (Å²) in [5.74, 6) is 0. The van der Waals surface area contributed by atoms with Gasteiger partial charge in [0.05, 0.1) is 0 Å². The van der Waals surface area contributed by atoms with Gasteiger partial charge in [-0.3, -0.25) is 0 Å². The van der Waals surface area contributed by atoms with Gasteiger partial charge in [-0.25, -0.2) is 0 Å². The first-order chi connectivity index (χ1) is 4.41. The normalized spacial score (nSPS) is 5.40. The summed E-state index contributed by atoms with van der Waals surface area (Å²) in [6, 6.07) is 0. The molecule has 1 nitrogen and oxygen atoms in total. The summed E-state index contributed by atoms with van der Waals surface area (Å²) in [5.41, 5.74) is 0. The van der Waals surface area contributed by atoms with Crippen molar-refractivity contribution in [1.29, 1.82) is 0 Å². The van der Waals surface area contributed by atoms with Gasteiger partial charge in [0.25, 0.3) is 0 Å². The molecule has 0 spiro atoms. The summed E-state index contributed by atoms with van der Waals surface area (Å²) in [6.07, 6.45) is 2.04. The summed E-state index contributed by atoms with van der Waals surface area (Å²) in [6.45, 7) is 12.4. The molecule has 0 fully saturated rings. The van der Waals surface area contributed by atoms with Crippen LogP contribution in [-0.2, 0) is 21.7 Å². The molecule has 0 heterocycles. The minimum Gasteiger partial charge on any atom is -0.396 e. The monoisotopic (exact) mass is 180 g/mol. The van der Waals surface area contributed by atoms with Crippen molar-refractivity contribution in [3.63, 3.8) is 0 Å². The number of aliphatic hydroxyl groups is 1. The van der Waals surface area contributed by atoms with Crippen LogP contribution in [0.5, 0.6) is 0 Å². The van der Waals surface area contributed by atoms with Crippen LogP contribution in [0.1, 0.15) is 33.6 Å². The number of aliphatic hydroxyl groups excluding tert-OH is 1. The maximum atomic E-state index is 8.07. The Morgan fingerprint density at radius 1 is 1.10 bits per heavy atom. The van der Waals surface area contributed by atoms with Crippen LogP contribution < -0.4 is 0 Å². The van der Waals surface area contributed by atoms with Crippen LogP contribution in [0.3, 0.4) is 0 Å². The molecule has 10 heavy (non-hydrogen) atoms. The average molecular weight is 180 g/mol. The van der Waals surface area contributed by atoms with E-state index >= 15 is 0 Å². The van der Waals surface area contributed by atoms with Gasteiger partial charge >= 0.3 is 21.7 Å². The quantitative estimate of drug-likeness (QED) is 0.511. The number of unbranched alkanes of at least 4 members (excludes halogenated alkanes) is 1. The first-order valence-corrected chi connectivity index (χ1v) is 3.44. The molecule has 0 atom stereocenters. The first-order valence-electron chi connectivity index (χ1n) is 3.44. The molecule has 0 aliphatic carbocycles. The largest absolute Gasteiger partial charge is 2.00 e. The van der Waals surface area contributed by atoms with E-state index in [9.17, 15) is 0 Å². The van der Waals surface area contributed by atoms with Crippen molar-refractivity contribution in [2.45, 2.75) is 33.6 Å². The van der Waals surface area contributed by atoms with E-state index in [1.165, 1.54) is 0 Å². The van der Waals surface area contributed by atoms with Crippen molar-refractivity contribution in [3.05, 3.63) is 13.8 Å². The zero-order chi connectivity index (χ0) is 8.12. The maximum absolute atomic E-state index is 8.07. The maximum Gasteiger partial charge on any atom is 2.00 e. The Balaban J connectivity index is -0.0000000315.